The molecule has 0 aromatic heterocycles. The fourth-order valence-electron chi connectivity index (χ4n) is 2.18. The van der Waals surface area contributed by atoms with Crippen molar-refractivity contribution in [2.45, 2.75) is 26.7 Å². The summed E-state index contributed by atoms with van der Waals surface area (Å²) in [6, 6.07) is 18.0. The van der Waals surface area contributed by atoms with Crippen molar-refractivity contribution in [3.8, 4) is 11.5 Å². The van der Waals surface area contributed by atoms with Crippen molar-refractivity contribution in [2.24, 2.45) is 5.92 Å². The monoisotopic (exact) mass is 269 g/mol. The van der Waals surface area contributed by atoms with Crippen molar-refractivity contribution in [3.05, 3.63) is 54.6 Å². The molecule has 2 aromatic carbocycles. The number of nitrogens with one attached hydrogen (secondary N) is 1. The number of hydrogen-bond acceptors (Lipinski definition) is 2. The first-order valence-electron chi connectivity index (χ1n) is 7.34. The summed E-state index contributed by atoms with van der Waals surface area (Å²) in [6.07, 6.45) is 2.49. The molecule has 2 nitrogen and oxygen atoms in total. The number of hydrogen-bond donors (Lipinski definition) is 1. The zero-order chi connectivity index (χ0) is 14.2. The smallest absolute Gasteiger partial charge is 0.129 e. The van der Waals surface area contributed by atoms with Crippen molar-refractivity contribution in [1.82, 2.24) is 0 Å². The lowest BCUT2D eigenvalue weighted by molar-refractivity contribution is 0.482. The average Bonchev–Trinajstić information content (AvgIpc) is 2.47. The summed E-state index contributed by atoms with van der Waals surface area (Å²) in [5, 5.41) is 3.48. The van der Waals surface area contributed by atoms with Gasteiger partial charge in [-0.25, -0.2) is 0 Å². The van der Waals surface area contributed by atoms with Gasteiger partial charge in [-0.15, -0.1) is 0 Å². The Labute approximate surface area is 121 Å². The lowest BCUT2D eigenvalue weighted by atomic mass is 10.1. The predicted octanol–water partition coefficient (Wildman–Crippen LogP) is 5.33. The van der Waals surface area contributed by atoms with Crippen LogP contribution in [0.2, 0.25) is 0 Å². The third-order valence-corrected chi connectivity index (χ3v) is 3.25. The topological polar surface area (TPSA) is 21.3 Å². The van der Waals surface area contributed by atoms with Gasteiger partial charge in [0.25, 0.3) is 0 Å². The summed E-state index contributed by atoms with van der Waals surface area (Å²) in [5.74, 6) is 2.42. The molecule has 106 valence electrons. The number of benzene rings is 2. The molecule has 0 aliphatic carbocycles. The van der Waals surface area contributed by atoms with E-state index in [9.17, 15) is 0 Å². The van der Waals surface area contributed by atoms with Crippen LogP contribution in [0.4, 0.5) is 5.69 Å². The second kappa shape index (κ2) is 7.59. The Balaban J connectivity index is 1.94. The molecule has 0 fully saturated rings. The molecule has 2 aromatic rings. The molecule has 0 saturated heterocycles. The van der Waals surface area contributed by atoms with Crippen LogP contribution < -0.4 is 10.1 Å². The molecule has 1 N–H and O–H groups in total. The Hall–Kier alpha value is -1.96. The lowest BCUT2D eigenvalue weighted by Crippen LogP contribution is -2.10. The van der Waals surface area contributed by atoms with Gasteiger partial charge in [0.1, 0.15) is 11.5 Å². The molecule has 0 saturated carbocycles. The molecule has 1 atom stereocenters. The highest BCUT2D eigenvalue weighted by Crippen LogP contribution is 2.24. The van der Waals surface area contributed by atoms with Gasteiger partial charge in [0.2, 0.25) is 0 Å². The van der Waals surface area contributed by atoms with Crippen molar-refractivity contribution in [1.29, 1.82) is 0 Å². The average molecular weight is 269 g/mol. The Kier molecular flexibility index (Phi) is 5.48. The van der Waals surface area contributed by atoms with Gasteiger partial charge in [-0.2, -0.15) is 0 Å². The van der Waals surface area contributed by atoms with Crippen molar-refractivity contribution < 1.29 is 4.74 Å². The van der Waals surface area contributed by atoms with Gasteiger partial charge < -0.3 is 10.1 Å². The van der Waals surface area contributed by atoms with Crippen LogP contribution in [-0.2, 0) is 0 Å². The zero-order valence-electron chi connectivity index (χ0n) is 12.3. The summed E-state index contributed by atoms with van der Waals surface area (Å²) in [6.45, 7) is 5.51. The molecule has 2 rings (SSSR count). The summed E-state index contributed by atoms with van der Waals surface area (Å²) in [5.41, 5.74) is 1.11. The van der Waals surface area contributed by atoms with Crippen molar-refractivity contribution in [2.75, 3.05) is 11.9 Å². The highest BCUT2D eigenvalue weighted by atomic mass is 16.5. The van der Waals surface area contributed by atoms with Crippen LogP contribution in [0, 0.1) is 5.92 Å². The second-order valence-corrected chi connectivity index (χ2v) is 5.22. The van der Waals surface area contributed by atoms with Gasteiger partial charge >= 0.3 is 0 Å². The minimum Gasteiger partial charge on any atom is -0.457 e. The zero-order valence-corrected chi connectivity index (χ0v) is 12.3. The highest BCUT2D eigenvalue weighted by Gasteiger charge is 2.02. The van der Waals surface area contributed by atoms with Crippen LogP contribution in [0.3, 0.4) is 0 Å². The Morgan fingerprint density at radius 1 is 1.00 bits per heavy atom. The molecule has 0 bridgehead atoms. The molecule has 0 aliphatic heterocycles. The lowest BCUT2D eigenvalue weighted by Gasteiger charge is -2.13. The summed E-state index contributed by atoms with van der Waals surface area (Å²) in [7, 11) is 0. The van der Waals surface area contributed by atoms with Crippen LogP contribution in [0.1, 0.15) is 26.7 Å². The first-order valence-corrected chi connectivity index (χ1v) is 7.34. The van der Waals surface area contributed by atoms with Gasteiger partial charge in [0.15, 0.2) is 0 Å². The fraction of sp³-hybridized carbons (Fsp3) is 0.333. The van der Waals surface area contributed by atoms with E-state index >= 15 is 0 Å². The third kappa shape index (κ3) is 4.61. The van der Waals surface area contributed by atoms with E-state index in [0.29, 0.717) is 5.92 Å². The van der Waals surface area contributed by atoms with E-state index in [4.69, 9.17) is 4.74 Å². The quantitative estimate of drug-likeness (QED) is 0.733. The van der Waals surface area contributed by atoms with Crippen LogP contribution in [0.5, 0.6) is 11.5 Å². The van der Waals surface area contributed by atoms with E-state index < -0.39 is 0 Å². The molecular formula is C18H23NO. The minimum absolute atomic E-state index is 0.693. The maximum absolute atomic E-state index is 5.83. The SMILES string of the molecule is CCCC(C)CNc1cccc(Oc2ccccc2)c1. The first kappa shape index (κ1) is 14.4. The van der Waals surface area contributed by atoms with Crippen molar-refractivity contribution >= 4 is 5.69 Å². The van der Waals surface area contributed by atoms with Gasteiger partial charge in [0, 0.05) is 18.3 Å². The fourth-order valence-corrected chi connectivity index (χ4v) is 2.18. The minimum atomic E-state index is 0.693. The molecular weight excluding hydrogens is 246 g/mol. The number of para-hydroxylation sites is 1. The summed E-state index contributed by atoms with van der Waals surface area (Å²) in [4.78, 5) is 0. The Morgan fingerprint density at radius 2 is 1.75 bits per heavy atom. The Morgan fingerprint density at radius 3 is 2.50 bits per heavy atom. The molecule has 0 heterocycles. The van der Waals surface area contributed by atoms with Crippen LogP contribution in [-0.4, -0.2) is 6.54 Å². The third-order valence-electron chi connectivity index (χ3n) is 3.25. The molecule has 0 radical (unpaired) electrons. The molecule has 1 unspecified atom stereocenters. The normalized spacial score (nSPS) is 11.9. The largest absolute Gasteiger partial charge is 0.457 e. The van der Waals surface area contributed by atoms with Gasteiger partial charge in [-0.3, -0.25) is 0 Å². The van der Waals surface area contributed by atoms with Crippen LogP contribution in [0.15, 0.2) is 54.6 Å². The van der Waals surface area contributed by atoms with Crippen molar-refractivity contribution in [3.63, 3.8) is 0 Å². The van der Waals surface area contributed by atoms with Crippen LogP contribution in [0.25, 0.3) is 0 Å². The van der Waals surface area contributed by atoms with E-state index in [1.54, 1.807) is 0 Å². The number of ether oxygens (including phenoxy) is 1. The van der Waals surface area contributed by atoms with Gasteiger partial charge in [-0.1, -0.05) is 44.5 Å². The maximum atomic E-state index is 5.83. The second-order valence-electron chi connectivity index (χ2n) is 5.22. The first-order chi connectivity index (χ1) is 9.78. The Bertz CT molecular complexity index is 510. The molecule has 20 heavy (non-hydrogen) atoms. The van der Waals surface area contributed by atoms with E-state index in [1.807, 2.05) is 48.5 Å². The molecule has 0 amide bonds. The van der Waals surface area contributed by atoms with Gasteiger partial charge in [0.05, 0.1) is 0 Å². The van der Waals surface area contributed by atoms with E-state index in [-0.39, 0.29) is 0 Å². The maximum Gasteiger partial charge on any atom is 0.129 e. The molecule has 0 aliphatic rings. The highest BCUT2D eigenvalue weighted by molar-refractivity contribution is 5.49. The molecule has 2 heteroatoms. The summed E-state index contributed by atoms with van der Waals surface area (Å²) >= 11 is 0. The van der Waals surface area contributed by atoms with Gasteiger partial charge in [-0.05, 0) is 36.6 Å². The van der Waals surface area contributed by atoms with E-state index in [1.165, 1.54) is 12.8 Å². The number of anilines is 1. The predicted molar refractivity (Wildman–Crippen MR) is 85.5 cm³/mol. The molecule has 0 spiro atoms. The van der Waals surface area contributed by atoms with Crippen LogP contribution >= 0.6 is 0 Å². The van der Waals surface area contributed by atoms with E-state index in [0.717, 1.165) is 23.7 Å². The number of rotatable bonds is 7. The summed E-state index contributed by atoms with van der Waals surface area (Å²) < 4.78 is 5.83. The van der Waals surface area contributed by atoms with E-state index in [2.05, 4.69) is 25.2 Å². The standard InChI is InChI=1S/C18H23NO/c1-3-8-15(2)14-19-16-9-7-12-18(13-16)20-17-10-5-4-6-11-17/h4-7,9-13,15,19H,3,8,14H2,1-2H3.